The molecule has 3 heteroatoms. The number of hydrogen-bond donors (Lipinski definition) is 0. The fraction of sp³-hybridized carbons (Fsp3) is 0.462. The van der Waals surface area contributed by atoms with Gasteiger partial charge in [0, 0.05) is 17.8 Å². The highest BCUT2D eigenvalue weighted by Crippen LogP contribution is 2.33. The molecule has 2 nitrogen and oxygen atoms in total. The third kappa shape index (κ3) is 1.50. The van der Waals surface area contributed by atoms with E-state index < -0.39 is 0 Å². The van der Waals surface area contributed by atoms with Crippen LogP contribution in [0.1, 0.15) is 31.0 Å². The zero-order valence-electron chi connectivity index (χ0n) is 9.57. The first kappa shape index (κ1) is 10.1. The molecule has 0 aliphatic heterocycles. The van der Waals surface area contributed by atoms with E-state index in [4.69, 9.17) is 5.10 Å². The molecule has 1 aliphatic carbocycles. The van der Waals surface area contributed by atoms with Crippen molar-refractivity contribution in [3.8, 4) is 10.6 Å². The van der Waals surface area contributed by atoms with Crippen molar-refractivity contribution in [2.45, 2.75) is 39.2 Å². The molecular weight excluding hydrogens is 216 g/mol. The molecule has 0 spiro atoms. The van der Waals surface area contributed by atoms with Crippen LogP contribution in [0.5, 0.6) is 0 Å². The van der Waals surface area contributed by atoms with Crippen LogP contribution in [0, 0.1) is 0 Å². The van der Waals surface area contributed by atoms with Gasteiger partial charge in [-0.15, -0.1) is 11.3 Å². The first-order valence-corrected chi connectivity index (χ1v) is 6.90. The van der Waals surface area contributed by atoms with Crippen LogP contribution in [0.4, 0.5) is 0 Å². The zero-order chi connectivity index (χ0) is 11.0. The van der Waals surface area contributed by atoms with Gasteiger partial charge in [0.1, 0.15) is 5.69 Å². The Morgan fingerprint density at radius 2 is 2.25 bits per heavy atom. The second-order valence-corrected chi connectivity index (χ2v) is 5.22. The van der Waals surface area contributed by atoms with E-state index in [1.54, 1.807) is 11.3 Å². The molecule has 0 bridgehead atoms. The SMILES string of the molecule is CCn1nc(-c2cccs2)c2c1CCCC2. The number of nitrogens with zero attached hydrogens (tertiary/aromatic N) is 2. The average Bonchev–Trinajstić information content (AvgIpc) is 2.95. The van der Waals surface area contributed by atoms with Gasteiger partial charge in [-0.2, -0.15) is 5.10 Å². The number of aromatic nitrogens is 2. The average molecular weight is 232 g/mol. The summed E-state index contributed by atoms with van der Waals surface area (Å²) in [6.45, 7) is 3.17. The summed E-state index contributed by atoms with van der Waals surface area (Å²) in [6, 6.07) is 4.29. The van der Waals surface area contributed by atoms with Crippen LogP contribution in [-0.2, 0) is 19.4 Å². The molecule has 0 fully saturated rings. The van der Waals surface area contributed by atoms with E-state index in [9.17, 15) is 0 Å². The van der Waals surface area contributed by atoms with Gasteiger partial charge in [-0.3, -0.25) is 4.68 Å². The van der Waals surface area contributed by atoms with E-state index >= 15 is 0 Å². The van der Waals surface area contributed by atoms with Crippen LogP contribution in [0.25, 0.3) is 10.6 Å². The van der Waals surface area contributed by atoms with Crippen molar-refractivity contribution in [2.75, 3.05) is 0 Å². The summed E-state index contributed by atoms with van der Waals surface area (Å²) >= 11 is 1.80. The molecule has 0 amide bonds. The van der Waals surface area contributed by atoms with Crippen molar-refractivity contribution >= 4 is 11.3 Å². The molecule has 2 heterocycles. The molecule has 0 unspecified atom stereocenters. The maximum atomic E-state index is 4.78. The van der Waals surface area contributed by atoms with Crippen molar-refractivity contribution in [2.24, 2.45) is 0 Å². The summed E-state index contributed by atoms with van der Waals surface area (Å²) in [4.78, 5) is 1.32. The van der Waals surface area contributed by atoms with Crippen molar-refractivity contribution in [1.29, 1.82) is 0 Å². The van der Waals surface area contributed by atoms with Crippen molar-refractivity contribution < 1.29 is 0 Å². The largest absolute Gasteiger partial charge is 0.269 e. The maximum absolute atomic E-state index is 4.78. The summed E-state index contributed by atoms with van der Waals surface area (Å²) in [7, 11) is 0. The number of rotatable bonds is 2. The lowest BCUT2D eigenvalue weighted by atomic mass is 9.95. The Morgan fingerprint density at radius 1 is 1.38 bits per heavy atom. The van der Waals surface area contributed by atoms with Gasteiger partial charge in [0.05, 0.1) is 4.88 Å². The van der Waals surface area contributed by atoms with Gasteiger partial charge >= 0.3 is 0 Å². The Balaban J connectivity index is 2.15. The van der Waals surface area contributed by atoms with E-state index in [-0.39, 0.29) is 0 Å². The third-order valence-electron chi connectivity index (χ3n) is 3.31. The minimum atomic E-state index is 0.994. The van der Waals surface area contributed by atoms with E-state index in [1.807, 2.05) is 0 Å². The smallest absolute Gasteiger partial charge is 0.106 e. The second-order valence-electron chi connectivity index (χ2n) is 4.27. The molecule has 0 saturated carbocycles. The normalized spacial score (nSPS) is 15.1. The summed E-state index contributed by atoms with van der Waals surface area (Å²) in [6.07, 6.45) is 5.06. The lowest BCUT2D eigenvalue weighted by Crippen LogP contribution is -2.07. The Kier molecular flexibility index (Phi) is 2.56. The van der Waals surface area contributed by atoms with E-state index in [1.165, 1.54) is 47.5 Å². The molecule has 0 radical (unpaired) electrons. The number of hydrogen-bond acceptors (Lipinski definition) is 2. The Bertz CT molecular complexity index is 482. The Hall–Kier alpha value is -1.09. The second kappa shape index (κ2) is 4.06. The van der Waals surface area contributed by atoms with E-state index in [0.29, 0.717) is 0 Å². The highest BCUT2D eigenvalue weighted by Gasteiger charge is 2.21. The molecule has 16 heavy (non-hydrogen) atoms. The van der Waals surface area contributed by atoms with Gasteiger partial charge in [-0.25, -0.2) is 0 Å². The van der Waals surface area contributed by atoms with Gasteiger partial charge in [-0.1, -0.05) is 6.07 Å². The van der Waals surface area contributed by atoms with Gasteiger partial charge in [0.25, 0.3) is 0 Å². The summed E-state index contributed by atoms with van der Waals surface area (Å²) in [5.41, 5.74) is 4.24. The van der Waals surface area contributed by atoms with Crippen LogP contribution in [0.2, 0.25) is 0 Å². The molecule has 84 valence electrons. The topological polar surface area (TPSA) is 17.8 Å². The van der Waals surface area contributed by atoms with Crippen LogP contribution < -0.4 is 0 Å². The first-order chi connectivity index (χ1) is 7.90. The lowest BCUT2D eigenvalue weighted by molar-refractivity contribution is 0.582. The molecule has 0 saturated heterocycles. The predicted octanol–water partition coefficient (Wildman–Crippen LogP) is 3.51. The minimum absolute atomic E-state index is 0.994. The molecule has 2 aromatic rings. The van der Waals surface area contributed by atoms with Crippen LogP contribution in [-0.4, -0.2) is 9.78 Å². The summed E-state index contributed by atoms with van der Waals surface area (Å²) < 4.78 is 2.20. The van der Waals surface area contributed by atoms with Crippen molar-refractivity contribution in [3.63, 3.8) is 0 Å². The Morgan fingerprint density at radius 3 is 3.00 bits per heavy atom. The standard InChI is InChI=1S/C13H16N2S/c1-2-15-11-7-4-3-6-10(11)13(14-15)12-8-5-9-16-12/h5,8-9H,2-4,6-7H2,1H3. The van der Waals surface area contributed by atoms with Gasteiger partial charge in [0.15, 0.2) is 0 Å². The van der Waals surface area contributed by atoms with Gasteiger partial charge < -0.3 is 0 Å². The molecule has 3 rings (SSSR count). The van der Waals surface area contributed by atoms with Crippen LogP contribution in [0.15, 0.2) is 17.5 Å². The zero-order valence-corrected chi connectivity index (χ0v) is 10.4. The number of fused-ring (bicyclic) bond motifs is 1. The molecule has 0 N–H and O–H groups in total. The van der Waals surface area contributed by atoms with Gasteiger partial charge in [0.2, 0.25) is 0 Å². The van der Waals surface area contributed by atoms with Crippen LogP contribution in [0.3, 0.4) is 0 Å². The summed E-state index contributed by atoms with van der Waals surface area (Å²) in [5.74, 6) is 0. The minimum Gasteiger partial charge on any atom is -0.269 e. The lowest BCUT2D eigenvalue weighted by Gasteiger charge is -2.13. The van der Waals surface area contributed by atoms with Crippen molar-refractivity contribution in [1.82, 2.24) is 9.78 Å². The fourth-order valence-electron chi connectivity index (χ4n) is 2.54. The van der Waals surface area contributed by atoms with Crippen molar-refractivity contribution in [3.05, 3.63) is 28.8 Å². The molecule has 0 aromatic carbocycles. The van der Waals surface area contributed by atoms with Gasteiger partial charge in [-0.05, 0) is 44.1 Å². The molecule has 2 aromatic heterocycles. The molecule has 1 aliphatic rings. The first-order valence-electron chi connectivity index (χ1n) is 6.02. The van der Waals surface area contributed by atoms with E-state index in [0.717, 1.165) is 6.54 Å². The highest BCUT2D eigenvalue weighted by molar-refractivity contribution is 7.13. The number of thiophene rings is 1. The third-order valence-corrected chi connectivity index (χ3v) is 4.19. The highest BCUT2D eigenvalue weighted by atomic mass is 32.1. The Labute approximate surface area is 99.9 Å². The maximum Gasteiger partial charge on any atom is 0.106 e. The fourth-order valence-corrected chi connectivity index (χ4v) is 3.28. The molecular formula is C13H16N2S. The van der Waals surface area contributed by atoms with Crippen LogP contribution >= 0.6 is 11.3 Å². The number of aryl methyl sites for hydroxylation is 1. The monoisotopic (exact) mass is 232 g/mol. The van der Waals surface area contributed by atoms with E-state index in [2.05, 4.69) is 29.1 Å². The molecule has 0 atom stereocenters. The summed E-state index contributed by atoms with van der Waals surface area (Å²) in [5, 5.41) is 6.91. The predicted molar refractivity (Wildman–Crippen MR) is 67.9 cm³/mol. The quantitative estimate of drug-likeness (QED) is 0.774.